The summed E-state index contributed by atoms with van der Waals surface area (Å²) in [4.78, 5) is 15.0. The van der Waals surface area contributed by atoms with Gasteiger partial charge in [0.2, 0.25) is 10.0 Å². The van der Waals surface area contributed by atoms with E-state index < -0.39 is 15.9 Å². The minimum absolute atomic E-state index is 0.0848. The molecule has 1 fully saturated rings. The third-order valence-electron chi connectivity index (χ3n) is 5.52. The van der Waals surface area contributed by atoms with Crippen LogP contribution in [0, 0.1) is 0 Å². The zero-order chi connectivity index (χ0) is 21.9. The lowest BCUT2D eigenvalue weighted by Gasteiger charge is -2.31. The summed E-state index contributed by atoms with van der Waals surface area (Å²) in [5.74, 6) is -0.400. The molecule has 1 aliphatic heterocycles. The summed E-state index contributed by atoms with van der Waals surface area (Å²) in [6.07, 6.45) is 0.950. The van der Waals surface area contributed by atoms with E-state index >= 15 is 0 Å². The molecule has 1 amide bonds. The Hall–Kier alpha value is -1.93. The van der Waals surface area contributed by atoms with Gasteiger partial charge < -0.3 is 10.2 Å². The Kier molecular flexibility index (Phi) is 7.18. The molecule has 1 N–H and O–H groups in total. The first-order valence-electron chi connectivity index (χ1n) is 10.1. The Balaban J connectivity index is 1.79. The van der Waals surface area contributed by atoms with E-state index in [1.807, 2.05) is 38.2 Å². The van der Waals surface area contributed by atoms with Crippen LogP contribution in [0.4, 0.5) is 0 Å². The lowest BCUT2D eigenvalue weighted by Crippen LogP contribution is -2.47. The van der Waals surface area contributed by atoms with Crippen molar-refractivity contribution in [2.75, 3.05) is 33.2 Å². The Bertz CT molecular complexity index is 1000. The van der Waals surface area contributed by atoms with E-state index in [1.165, 1.54) is 28.1 Å². The number of benzene rings is 2. The molecule has 1 heterocycles. The second-order valence-corrected chi connectivity index (χ2v) is 9.98. The minimum Gasteiger partial charge on any atom is -0.345 e. The van der Waals surface area contributed by atoms with Gasteiger partial charge in [-0.1, -0.05) is 42.8 Å². The number of amides is 1. The SMILES string of the molecule is CCc1ccc([C@H](C)NC(=O)c2cc(S(=O)(=O)N3CCN(C)CC3)ccc2Cl)cc1. The molecule has 0 radical (unpaired) electrons. The Labute approximate surface area is 183 Å². The number of hydrogen-bond acceptors (Lipinski definition) is 4. The van der Waals surface area contributed by atoms with E-state index in [0.717, 1.165) is 12.0 Å². The summed E-state index contributed by atoms with van der Waals surface area (Å²) in [6, 6.07) is 12.1. The van der Waals surface area contributed by atoms with Gasteiger partial charge in [0.05, 0.1) is 21.5 Å². The molecular weight excluding hydrogens is 422 g/mol. The third kappa shape index (κ3) is 5.03. The van der Waals surface area contributed by atoms with E-state index in [-0.39, 0.29) is 21.5 Å². The van der Waals surface area contributed by atoms with Crippen LogP contribution < -0.4 is 5.32 Å². The number of halogens is 1. The van der Waals surface area contributed by atoms with Crippen LogP contribution in [0.5, 0.6) is 0 Å². The number of hydrogen-bond donors (Lipinski definition) is 1. The van der Waals surface area contributed by atoms with Crippen molar-refractivity contribution >= 4 is 27.5 Å². The third-order valence-corrected chi connectivity index (χ3v) is 7.74. The Morgan fingerprint density at radius 3 is 2.33 bits per heavy atom. The molecule has 2 aromatic carbocycles. The fourth-order valence-electron chi connectivity index (χ4n) is 3.42. The highest BCUT2D eigenvalue weighted by molar-refractivity contribution is 7.89. The van der Waals surface area contributed by atoms with Crippen LogP contribution in [0.1, 0.15) is 41.4 Å². The van der Waals surface area contributed by atoms with Crippen molar-refractivity contribution in [3.63, 3.8) is 0 Å². The van der Waals surface area contributed by atoms with Crippen LogP contribution in [0.25, 0.3) is 0 Å². The number of piperazine rings is 1. The molecule has 1 saturated heterocycles. The average Bonchev–Trinajstić information content (AvgIpc) is 2.74. The summed E-state index contributed by atoms with van der Waals surface area (Å²) in [5.41, 5.74) is 2.35. The zero-order valence-corrected chi connectivity index (χ0v) is 19.1. The Morgan fingerprint density at radius 1 is 1.10 bits per heavy atom. The van der Waals surface area contributed by atoms with Gasteiger partial charge in [0.25, 0.3) is 5.91 Å². The molecule has 0 bridgehead atoms. The second kappa shape index (κ2) is 9.47. The molecular formula is C22H28ClN3O3S. The number of nitrogens with one attached hydrogen (secondary N) is 1. The van der Waals surface area contributed by atoms with Crippen molar-refractivity contribution in [3.05, 3.63) is 64.2 Å². The first kappa shape index (κ1) is 22.7. The van der Waals surface area contributed by atoms with Crippen LogP contribution >= 0.6 is 11.6 Å². The van der Waals surface area contributed by atoms with Gasteiger partial charge in [-0.2, -0.15) is 4.31 Å². The molecule has 8 heteroatoms. The molecule has 2 aromatic rings. The van der Waals surface area contributed by atoms with Crippen LogP contribution in [0.2, 0.25) is 5.02 Å². The highest BCUT2D eigenvalue weighted by atomic mass is 35.5. The van der Waals surface area contributed by atoms with Crippen LogP contribution in [-0.4, -0.2) is 56.8 Å². The molecule has 0 aromatic heterocycles. The average molecular weight is 450 g/mol. The highest BCUT2D eigenvalue weighted by Gasteiger charge is 2.28. The van der Waals surface area contributed by atoms with Crippen LogP contribution in [0.15, 0.2) is 47.4 Å². The lowest BCUT2D eigenvalue weighted by molar-refractivity contribution is 0.0940. The van der Waals surface area contributed by atoms with Gasteiger partial charge >= 0.3 is 0 Å². The maximum Gasteiger partial charge on any atom is 0.253 e. The monoisotopic (exact) mass is 449 g/mol. The van der Waals surface area contributed by atoms with Crippen molar-refractivity contribution in [3.8, 4) is 0 Å². The molecule has 30 heavy (non-hydrogen) atoms. The molecule has 6 nitrogen and oxygen atoms in total. The van der Waals surface area contributed by atoms with E-state index in [1.54, 1.807) is 0 Å². The molecule has 0 saturated carbocycles. The van der Waals surface area contributed by atoms with Crippen molar-refractivity contribution in [2.45, 2.75) is 31.2 Å². The predicted octanol–water partition coefficient (Wildman–Crippen LogP) is 3.33. The van der Waals surface area contributed by atoms with Gasteiger partial charge in [-0.3, -0.25) is 4.79 Å². The summed E-state index contributed by atoms with van der Waals surface area (Å²) in [5, 5.41) is 3.14. The molecule has 1 aliphatic rings. The van der Waals surface area contributed by atoms with E-state index in [2.05, 4.69) is 17.1 Å². The molecule has 0 spiro atoms. The van der Waals surface area contributed by atoms with Gasteiger partial charge in [0, 0.05) is 26.2 Å². The topological polar surface area (TPSA) is 69.7 Å². The normalized spacial score (nSPS) is 16.9. The number of carbonyl (C=O) groups excluding carboxylic acids is 1. The molecule has 0 unspecified atom stereocenters. The molecule has 0 aliphatic carbocycles. The minimum atomic E-state index is -3.68. The molecule has 3 rings (SSSR count). The van der Waals surface area contributed by atoms with Gasteiger partial charge in [0.15, 0.2) is 0 Å². The molecule has 1 atom stereocenters. The van der Waals surface area contributed by atoms with Crippen molar-refractivity contribution in [2.24, 2.45) is 0 Å². The first-order valence-corrected chi connectivity index (χ1v) is 11.9. The second-order valence-electron chi connectivity index (χ2n) is 7.64. The zero-order valence-electron chi connectivity index (χ0n) is 17.6. The van der Waals surface area contributed by atoms with Crippen LogP contribution in [-0.2, 0) is 16.4 Å². The number of aryl methyl sites for hydroxylation is 1. The van der Waals surface area contributed by atoms with Crippen molar-refractivity contribution in [1.29, 1.82) is 0 Å². The summed E-state index contributed by atoms with van der Waals surface area (Å²) >= 11 is 6.24. The quantitative estimate of drug-likeness (QED) is 0.734. The lowest BCUT2D eigenvalue weighted by atomic mass is 10.0. The standard InChI is InChI=1S/C22H28ClN3O3S/c1-4-17-5-7-18(8-6-17)16(2)24-22(27)20-15-19(9-10-21(20)23)30(28,29)26-13-11-25(3)12-14-26/h5-10,15-16H,4,11-14H2,1-3H3,(H,24,27)/t16-/m0/s1. The Morgan fingerprint density at radius 2 is 1.73 bits per heavy atom. The highest BCUT2D eigenvalue weighted by Crippen LogP contribution is 2.25. The van der Waals surface area contributed by atoms with Gasteiger partial charge in [-0.25, -0.2) is 8.42 Å². The van der Waals surface area contributed by atoms with Crippen molar-refractivity contribution < 1.29 is 13.2 Å². The van der Waals surface area contributed by atoms with E-state index in [4.69, 9.17) is 11.6 Å². The number of sulfonamides is 1. The number of rotatable bonds is 6. The van der Waals surface area contributed by atoms with Gasteiger partial charge in [-0.05, 0) is 49.7 Å². The number of carbonyl (C=O) groups is 1. The van der Waals surface area contributed by atoms with Crippen LogP contribution in [0.3, 0.4) is 0 Å². The summed E-state index contributed by atoms with van der Waals surface area (Å²) in [7, 11) is -1.71. The fourth-order valence-corrected chi connectivity index (χ4v) is 5.07. The largest absolute Gasteiger partial charge is 0.345 e. The number of nitrogens with zero attached hydrogens (tertiary/aromatic N) is 2. The maximum absolute atomic E-state index is 13.0. The number of likely N-dealkylation sites (N-methyl/N-ethyl adjacent to an activating group) is 1. The molecule has 162 valence electrons. The van der Waals surface area contributed by atoms with E-state index in [0.29, 0.717) is 26.2 Å². The predicted molar refractivity (Wildman–Crippen MR) is 119 cm³/mol. The van der Waals surface area contributed by atoms with E-state index in [9.17, 15) is 13.2 Å². The summed E-state index contributed by atoms with van der Waals surface area (Å²) < 4.78 is 27.5. The first-order chi connectivity index (χ1) is 14.2. The van der Waals surface area contributed by atoms with Gasteiger partial charge in [0.1, 0.15) is 0 Å². The van der Waals surface area contributed by atoms with Gasteiger partial charge in [-0.15, -0.1) is 0 Å². The fraction of sp³-hybridized carbons (Fsp3) is 0.409. The maximum atomic E-state index is 13.0. The summed E-state index contributed by atoms with van der Waals surface area (Å²) in [6.45, 7) is 6.17. The van der Waals surface area contributed by atoms with Crippen molar-refractivity contribution in [1.82, 2.24) is 14.5 Å². The smallest absolute Gasteiger partial charge is 0.253 e.